The molecular formula is C19H27ClN4O3. The van der Waals surface area contributed by atoms with E-state index in [0.29, 0.717) is 11.4 Å². The fourth-order valence-corrected chi connectivity index (χ4v) is 3.05. The van der Waals surface area contributed by atoms with E-state index in [1.165, 1.54) is 6.20 Å². The zero-order chi connectivity index (χ0) is 19.9. The number of carbonyl (C=O) groups is 1. The summed E-state index contributed by atoms with van der Waals surface area (Å²) in [6.45, 7) is 5.53. The Morgan fingerprint density at radius 2 is 2.07 bits per heavy atom. The lowest BCUT2D eigenvalue weighted by Crippen LogP contribution is -2.44. The van der Waals surface area contributed by atoms with Crippen molar-refractivity contribution in [2.24, 2.45) is 0 Å². The number of nitrogens with one attached hydrogen (secondary N) is 2. The molecule has 0 aromatic carbocycles. The van der Waals surface area contributed by atoms with Crippen LogP contribution in [0, 0.1) is 11.8 Å². The number of aromatic nitrogens is 2. The van der Waals surface area contributed by atoms with Gasteiger partial charge in [0.15, 0.2) is 0 Å². The highest BCUT2D eigenvalue weighted by Gasteiger charge is 2.32. The number of halogens is 1. The van der Waals surface area contributed by atoms with Crippen molar-refractivity contribution in [1.82, 2.24) is 15.3 Å². The zero-order valence-corrected chi connectivity index (χ0v) is 16.8. The summed E-state index contributed by atoms with van der Waals surface area (Å²) in [6.07, 6.45) is 5.99. The third-order valence-electron chi connectivity index (χ3n) is 4.20. The summed E-state index contributed by atoms with van der Waals surface area (Å²) >= 11 is 5.94. The van der Waals surface area contributed by atoms with Crippen LogP contribution in [0.1, 0.15) is 58.4 Å². The summed E-state index contributed by atoms with van der Waals surface area (Å²) in [7, 11) is 0. The number of hydrogen-bond acceptors (Lipinski definition) is 6. The summed E-state index contributed by atoms with van der Waals surface area (Å²) in [5.41, 5.74) is -0.415. The molecule has 1 heterocycles. The minimum atomic E-state index is -0.558. The number of rotatable bonds is 4. The average molecular weight is 395 g/mol. The summed E-state index contributed by atoms with van der Waals surface area (Å²) in [6, 6.07) is 0. The number of carbonyl (C=O) groups excluding carboxylic acids is 1. The van der Waals surface area contributed by atoms with Gasteiger partial charge in [0, 0.05) is 6.20 Å². The largest absolute Gasteiger partial charge is 0.444 e. The second-order valence-electron chi connectivity index (χ2n) is 7.68. The number of alkyl carbamates (subject to hydrolysis) is 1. The smallest absolute Gasteiger partial charge is 0.408 e. The number of anilines is 1. The molecule has 0 spiro atoms. The second-order valence-corrected chi connectivity index (χ2v) is 8.02. The van der Waals surface area contributed by atoms with E-state index in [0.717, 1.165) is 32.1 Å². The van der Waals surface area contributed by atoms with Crippen molar-refractivity contribution in [2.75, 3.05) is 18.5 Å². The van der Waals surface area contributed by atoms with Crippen LogP contribution in [0.25, 0.3) is 0 Å². The van der Waals surface area contributed by atoms with E-state index in [1.807, 2.05) is 0 Å². The quantitative estimate of drug-likeness (QED) is 0.536. The molecule has 3 N–H and O–H groups in total. The predicted octanol–water partition coefficient (Wildman–Crippen LogP) is 3.11. The number of nitrogens with zero attached hydrogens (tertiary/aromatic N) is 2. The first-order valence-corrected chi connectivity index (χ1v) is 9.48. The molecule has 2 rings (SSSR count). The fraction of sp³-hybridized carbons (Fsp3) is 0.632. The van der Waals surface area contributed by atoms with Gasteiger partial charge in [0.2, 0.25) is 5.28 Å². The van der Waals surface area contributed by atoms with Gasteiger partial charge in [0.25, 0.3) is 0 Å². The van der Waals surface area contributed by atoms with Crippen LogP contribution in [0.15, 0.2) is 6.20 Å². The SMILES string of the molecule is CC(C)(C)OC(=O)NCC#Cc1cnc(Cl)nc1NC1(CO)CCCCC1. The van der Waals surface area contributed by atoms with Gasteiger partial charge in [0.05, 0.1) is 24.3 Å². The Bertz CT molecular complexity index is 716. The third-order valence-corrected chi connectivity index (χ3v) is 4.38. The minimum absolute atomic E-state index is 0.0156. The van der Waals surface area contributed by atoms with Crippen molar-refractivity contribution in [1.29, 1.82) is 0 Å². The number of aliphatic hydroxyl groups excluding tert-OH is 1. The molecular weight excluding hydrogens is 368 g/mol. The maximum Gasteiger partial charge on any atom is 0.408 e. The Morgan fingerprint density at radius 3 is 2.70 bits per heavy atom. The predicted molar refractivity (Wildman–Crippen MR) is 105 cm³/mol. The molecule has 1 aromatic rings. The molecule has 0 atom stereocenters. The highest BCUT2D eigenvalue weighted by Crippen LogP contribution is 2.31. The monoisotopic (exact) mass is 394 g/mol. The van der Waals surface area contributed by atoms with Crippen molar-refractivity contribution in [3.63, 3.8) is 0 Å². The standard InChI is InChI=1S/C19H27ClN4O3/c1-18(2,3)27-17(26)21-11-7-8-14-12-22-16(20)23-15(14)24-19(13-25)9-5-4-6-10-19/h12,25H,4-6,9-11,13H2,1-3H3,(H,21,26)(H,22,23,24). The van der Waals surface area contributed by atoms with E-state index in [1.54, 1.807) is 20.8 Å². The van der Waals surface area contributed by atoms with E-state index < -0.39 is 17.2 Å². The van der Waals surface area contributed by atoms with Crippen molar-refractivity contribution in [3.8, 4) is 11.8 Å². The van der Waals surface area contributed by atoms with E-state index in [9.17, 15) is 9.90 Å². The van der Waals surface area contributed by atoms with Gasteiger partial charge in [-0.1, -0.05) is 31.1 Å². The summed E-state index contributed by atoms with van der Waals surface area (Å²) in [5.74, 6) is 6.30. The van der Waals surface area contributed by atoms with Gasteiger partial charge in [-0.15, -0.1) is 0 Å². The van der Waals surface area contributed by atoms with Crippen LogP contribution in [0.3, 0.4) is 0 Å². The van der Waals surface area contributed by atoms with Gasteiger partial charge in [-0.25, -0.2) is 9.78 Å². The lowest BCUT2D eigenvalue weighted by Gasteiger charge is -2.37. The number of aliphatic hydroxyl groups is 1. The number of amides is 1. The Hall–Kier alpha value is -2.04. The molecule has 1 aliphatic carbocycles. The van der Waals surface area contributed by atoms with Crippen LogP contribution in [0.2, 0.25) is 5.28 Å². The maximum atomic E-state index is 11.6. The lowest BCUT2D eigenvalue weighted by atomic mass is 9.82. The molecule has 27 heavy (non-hydrogen) atoms. The normalized spacial score (nSPS) is 16.0. The summed E-state index contributed by atoms with van der Waals surface area (Å²) < 4.78 is 5.16. The molecule has 0 radical (unpaired) electrons. The van der Waals surface area contributed by atoms with E-state index in [2.05, 4.69) is 32.4 Å². The molecule has 8 heteroatoms. The van der Waals surface area contributed by atoms with Crippen LogP contribution in [0.4, 0.5) is 10.6 Å². The molecule has 148 valence electrons. The number of ether oxygens (including phenoxy) is 1. The van der Waals surface area contributed by atoms with Crippen molar-refractivity contribution < 1.29 is 14.6 Å². The summed E-state index contributed by atoms with van der Waals surface area (Å²) in [5, 5.41) is 15.9. The topological polar surface area (TPSA) is 96.4 Å². The summed E-state index contributed by atoms with van der Waals surface area (Å²) in [4.78, 5) is 19.9. The van der Waals surface area contributed by atoms with Crippen molar-refractivity contribution in [3.05, 3.63) is 17.0 Å². The Kier molecular flexibility index (Phi) is 7.28. The van der Waals surface area contributed by atoms with Gasteiger partial charge in [-0.3, -0.25) is 0 Å². The lowest BCUT2D eigenvalue weighted by molar-refractivity contribution is 0.0535. The van der Waals surface area contributed by atoms with E-state index >= 15 is 0 Å². The molecule has 0 unspecified atom stereocenters. The molecule has 1 aromatic heterocycles. The van der Waals surface area contributed by atoms with Crippen molar-refractivity contribution in [2.45, 2.75) is 64.0 Å². The van der Waals surface area contributed by atoms with Gasteiger partial charge in [-0.2, -0.15) is 4.98 Å². The van der Waals surface area contributed by atoms with Crippen molar-refractivity contribution >= 4 is 23.5 Å². The van der Waals surface area contributed by atoms with Crippen LogP contribution in [-0.4, -0.2) is 45.5 Å². The van der Waals surface area contributed by atoms with Gasteiger partial charge < -0.3 is 20.5 Å². The first kappa shape index (κ1) is 21.3. The van der Waals surface area contributed by atoms with Crippen LogP contribution in [-0.2, 0) is 4.74 Å². The molecule has 1 fully saturated rings. The van der Waals surface area contributed by atoms with Crippen LogP contribution >= 0.6 is 11.6 Å². The third kappa shape index (κ3) is 6.89. The molecule has 1 aliphatic rings. The molecule has 0 saturated heterocycles. The maximum absolute atomic E-state index is 11.6. The average Bonchev–Trinajstić information content (AvgIpc) is 2.59. The van der Waals surface area contributed by atoms with Gasteiger partial charge >= 0.3 is 6.09 Å². The van der Waals surface area contributed by atoms with Crippen LogP contribution < -0.4 is 10.6 Å². The van der Waals surface area contributed by atoms with E-state index in [-0.39, 0.29) is 18.4 Å². The Labute approximate surface area is 165 Å². The fourth-order valence-electron chi connectivity index (χ4n) is 2.92. The molecule has 7 nitrogen and oxygen atoms in total. The molecule has 1 amide bonds. The molecule has 0 aliphatic heterocycles. The highest BCUT2D eigenvalue weighted by atomic mass is 35.5. The van der Waals surface area contributed by atoms with Gasteiger partial charge in [0.1, 0.15) is 11.4 Å². The minimum Gasteiger partial charge on any atom is -0.444 e. The van der Waals surface area contributed by atoms with E-state index in [4.69, 9.17) is 16.3 Å². The van der Waals surface area contributed by atoms with Crippen LogP contribution in [0.5, 0.6) is 0 Å². The Morgan fingerprint density at radius 1 is 1.37 bits per heavy atom. The molecule has 1 saturated carbocycles. The highest BCUT2D eigenvalue weighted by molar-refractivity contribution is 6.28. The zero-order valence-electron chi connectivity index (χ0n) is 16.1. The van der Waals surface area contributed by atoms with Gasteiger partial charge in [-0.05, 0) is 45.2 Å². The Balaban J connectivity index is 2.07. The first-order chi connectivity index (χ1) is 12.7. The molecule has 0 bridgehead atoms. The second kappa shape index (κ2) is 9.25. The number of hydrogen-bond donors (Lipinski definition) is 3. The first-order valence-electron chi connectivity index (χ1n) is 9.10.